The SMILES string of the molecule is O=C(N/C(=C\c1ccco1)C(=O)N1CCSCC1)c1ccccc1. The molecule has 0 saturated carbocycles. The minimum Gasteiger partial charge on any atom is -0.465 e. The van der Waals surface area contributed by atoms with Crippen LogP contribution in [0.3, 0.4) is 0 Å². The summed E-state index contributed by atoms with van der Waals surface area (Å²) in [4.78, 5) is 27.0. The van der Waals surface area contributed by atoms with E-state index in [-0.39, 0.29) is 17.5 Å². The third-order valence-corrected chi connectivity index (χ3v) is 4.59. The fraction of sp³-hybridized carbons (Fsp3) is 0.222. The molecule has 1 saturated heterocycles. The molecule has 0 bridgehead atoms. The van der Waals surface area contributed by atoms with E-state index in [1.165, 1.54) is 6.26 Å². The summed E-state index contributed by atoms with van der Waals surface area (Å²) in [6.45, 7) is 1.36. The molecule has 1 aliphatic heterocycles. The number of carbonyl (C=O) groups excluding carboxylic acids is 2. The first-order chi connectivity index (χ1) is 11.7. The molecular formula is C18H18N2O3S. The average Bonchev–Trinajstić information content (AvgIpc) is 3.15. The maximum atomic E-state index is 12.8. The maximum absolute atomic E-state index is 12.8. The molecule has 1 aromatic heterocycles. The molecule has 2 aromatic rings. The van der Waals surface area contributed by atoms with Crippen molar-refractivity contribution in [3.8, 4) is 0 Å². The van der Waals surface area contributed by atoms with Crippen molar-refractivity contribution in [3.63, 3.8) is 0 Å². The van der Waals surface area contributed by atoms with Crippen molar-refractivity contribution in [1.82, 2.24) is 10.2 Å². The summed E-state index contributed by atoms with van der Waals surface area (Å²) >= 11 is 1.82. The molecule has 0 spiro atoms. The number of furan rings is 1. The van der Waals surface area contributed by atoms with Crippen LogP contribution in [0.4, 0.5) is 0 Å². The molecule has 3 rings (SSSR count). The molecule has 5 nitrogen and oxygen atoms in total. The number of benzene rings is 1. The summed E-state index contributed by atoms with van der Waals surface area (Å²) in [7, 11) is 0. The van der Waals surface area contributed by atoms with Gasteiger partial charge in [0.2, 0.25) is 0 Å². The van der Waals surface area contributed by atoms with Gasteiger partial charge in [-0.25, -0.2) is 0 Å². The van der Waals surface area contributed by atoms with E-state index in [0.717, 1.165) is 11.5 Å². The van der Waals surface area contributed by atoms with Crippen LogP contribution in [0.25, 0.3) is 6.08 Å². The molecule has 0 aliphatic carbocycles. The number of carbonyl (C=O) groups is 2. The summed E-state index contributed by atoms with van der Waals surface area (Å²) in [6.07, 6.45) is 3.11. The summed E-state index contributed by atoms with van der Waals surface area (Å²) in [5.74, 6) is 1.85. The number of nitrogens with one attached hydrogen (secondary N) is 1. The third kappa shape index (κ3) is 4.08. The van der Waals surface area contributed by atoms with Gasteiger partial charge in [0.15, 0.2) is 0 Å². The summed E-state index contributed by atoms with van der Waals surface area (Å²) < 4.78 is 5.29. The zero-order valence-electron chi connectivity index (χ0n) is 13.1. The van der Waals surface area contributed by atoms with Crippen LogP contribution in [0.1, 0.15) is 16.1 Å². The highest BCUT2D eigenvalue weighted by atomic mass is 32.2. The van der Waals surface area contributed by atoms with Gasteiger partial charge in [0.25, 0.3) is 11.8 Å². The molecule has 0 radical (unpaired) electrons. The Kier molecular flexibility index (Phi) is 5.38. The Morgan fingerprint density at radius 2 is 1.83 bits per heavy atom. The molecular weight excluding hydrogens is 324 g/mol. The first kappa shape index (κ1) is 16.4. The van der Waals surface area contributed by atoms with Crippen molar-refractivity contribution in [3.05, 3.63) is 65.7 Å². The highest BCUT2D eigenvalue weighted by Gasteiger charge is 2.22. The van der Waals surface area contributed by atoms with Crippen molar-refractivity contribution < 1.29 is 14.0 Å². The average molecular weight is 342 g/mol. The van der Waals surface area contributed by atoms with Crippen molar-refractivity contribution in [2.45, 2.75) is 0 Å². The van der Waals surface area contributed by atoms with Gasteiger partial charge in [-0.1, -0.05) is 18.2 Å². The number of nitrogens with zero attached hydrogens (tertiary/aromatic N) is 1. The molecule has 2 amide bonds. The Hall–Kier alpha value is -2.47. The second-order valence-electron chi connectivity index (χ2n) is 5.30. The van der Waals surface area contributed by atoms with Crippen LogP contribution in [-0.2, 0) is 4.79 Å². The maximum Gasteiger partial charge on any atom is 0.270 e. The van der Waals surface area contributed by atoms with E-state index in [0.29, 0.717) is 24.4 Å². The number of hydrogen-bond acceptors (Lipinski definition) is 4. The molecule has 1 fully saturated rings. The van der Waals surface area contributed by atoms with Gasteiger partial charge in [0.1, 0.15) is 11.5 Å². The van der Waals surface area contributed by atoms with Gasteiger partial charge in [-0.2, -0.15) is 11.8 Å². The van der Waals surface area contributed by atoms with E-state index >= 15 is 0 Å². The standard InChI is InChI=1S/C18H18N2O3S/c21-17(14-5-2-1-3-6-14)19-16(13-15-7-4-10-23-15)18(22)20-8-11-24-12-9-20/h1-7,10,13H,8-9,11-12H2,(H,19,21)/b16-13-. The number of thioether (sulfide) groups is 1. The van der Waals surface area contributed by atoms with Crippen LogP contribution in [0, 0.1) is 0 Å². The quantitative estimate of drug-likeness (QED) is 0.868. The van der Waals surface area contributed by atoms with Gasteiger partial charge in [-0.3, -0.25) is 9.59 Å². The normalized spacial score (nSPS) is 15.2. The largest absolute Gasteiger partial charge is 0.465 e. The Balaban J connectivity index is 1.82. The van der Waals surface area contributed by atoms with Gasteiger partial charge >= 0.3 is 0 Å². The first-order valence-electron chi connectivity index (χ1n) is 7.72. The zero-order valence-corrected chi connectivity index (χ0v) is 13.9. The van der Waals surface area contributed by atoms with E-state index in [2.05, 4.69) is 5.32 Å². The van der Waals surface area contributed by atoms with E-state index in [1.54, 1.807) is 47.4 Å². The lowest BCUT2D eigenvalue weighted by molar-refractivity contribution is -0.127. The van der Waals surface area contributed by atoms with Crippen molar-refractivity contribution in [2.24, 2.45) is 0 Å². The van der Waals surface area contributed by atoms with Crippen LogP contribution in [-0.4, -0.2) is 41.3 Å². The molecule has 1 aromatic carbocycles. The van der Waals surface area contributed by atoms with Gasteiger partial charge < -0.3 is 14.6 Å². The zero-order chi connectivity index (χ0) is 16.8. The van der Waals surface area contributed by atoms with Crippen molar-refractivity contribution in [2.75, 3.05) is 24.6 Å². The lowest BCUT2D eigenvalue weighted by Gasteiger charge is -2.27. The minimum absolute atomic E-state index is 0.184. The van der Waals surface area contributed by atoms with E-state index < -0.39 is 0 Å². The molecule has 2 heterocycles. The second kappa shape index (κ2) is 7.88. The van der Waals surface area contributed by atoms with Gasteiger partial charge in [-0.05, 0) is 24.3 Å². The Bertz CT molecular complexity index is 720. The fourth-order valence-electron chi connectivity index (χ4n) is 2.39. The Morgan fingerprint density at radius 1 is 1.08 bits per heavy atom. The van der Waals surface area contributed by atoms with Crippen LogP contribution >= 0.6 is 11.8 Å². The van der Waals surface area contributed by atoms with Crippen molar-refractivity contribution >= 4 is 29.7 Å². The molecule has 24 heavy (non-hydrogen) atoms. The van der Waals surface area contributed by atoms with Gasteiger partial charge in [-0.15, -0.1) is 0 Å². The fourth-order valence-corrected chi connectivity index (χ4v) is 3.29. The van der Waals surface area contributed by atoms with Crippen LogP contribution in [0.2, 0.25) is 0 Å². The minimum atomic E-state index is -0.312. The third-order valence-electron chi connectivity index (χ3n) is 3.64. The molecule has 6 heteroatoms. The molecule has 1 aliphatic rings. The predicted molar refractivity (Wildman–Crippen MR) is 94.5 cm³/mol. The van der Waals surface area contributed by atoms with E-state index in [4.69, 9.17) is 4.42 Å². The van der Waals surface area contributed by atoms with Gasteiger partial charge in [0, 0.05) is 36.2 Å². The first-order valence-corrected chi connectivity index (χ1v) is 8.88. The second-order valence-corrected chi connectivity index (χ2v) is 6.52. The molecule has 0 unspecified atom stereocenters. The van der Waals surface area contributed by atoms with Crippen molar-refractivity contribution in [1.29, 1.82) is 0 Å². The monoisotopic (exact) mass is 342 g/mol. The highest BCUT2D eigenvalue weighted by Crippen LogP contribution is 2.14. The lowest BCUT2D eigenvalue weighted by Crippen LogP contribution is -2.42. The Labute approximate surface area is 144 Å². The molecule has 1 N–H and O–H groups in total. The summed E-state index contributed by atoms with van der Waals surface area (Å²) in [5, 5.41) is 2.73. The number of amides is 2. The van der Waals surface area contributed by atoms with Gasteiger partial charge in [0.05, 0.1) is 6.26 Å². The smallest absolute Gasteiger partial charge is 0.270 e. The van der Waals surface area contributed by atoms with Crippen LogP contribution < -0.4 is 5.32 Å². The number of hydrogen-bond donors (Lipinski definition) is 1. The number of rotatable bonds is 4. The molecule has 124 valence electrons. The summed E-state index contributed by atoms with van der Waals surface area (Å²) in [6, 6.07) is 12.3. The van der Waals surface area contributed by atoms with Crippen LogP contribution in [0.5, 0.6) is 0 Å². The van der Waals surface area contributed by atoms with Crippen LogP contribution in [0.15, 0.2) is 58.8 Å². The topological polar surface area (TPSA) is 62.6 Å². The van der Waals surface area contributed by atoms with E-state index in [9.17, 15) is 9.59 Å². The Morgan fingerprint density at radius 3 is 2.50 bits per heavy atom. The summed E-state index contributed by atoms with van der Waals surface area (Å²) in [5.41, 5.74) is 0.732. The lowest BCUT2D eigenvalue weighted by atomic mass is 10.2. The molecule has 0 atom stereocenters. The highest BCUT2D eigenvalue weighted by molar-refractivity contribution is 7.99. The van der Waals surface area contributed by atoms with E-state index in [1.807, 2.05) is 17.8 Å². The predicted octanol–water partition coefficient (Wildman–Crippen LogP) is 2.63.